The van der Waals surface area contributed by atoms with Crippen LogP contribution in [0.25, 0.3) is 0 Å². The number of anilines is 2. The van der Waals surface area contributed by atoms with Crippen molar-refractivity contribution in [3.63, 3.8) is 0 Å². The second kappa shape index (κ2) is 8.97. The number of fused-ring (bicyclic) bond motifs is 1. The lowest BCUT2D eigenvalue weighted by Gasteiger charge is -2.21. The van der Waals surface area contributed by atoms with Crippen LogP contribution in [-0.2, 0) is 6.42 Å². The lowest BCUT2D eigenvalue weighted by atomic mass is 9.98. The predicted molar refractivity (Wildman–Crippen MR) is 119 cm³/mol. The first-order valence-corrected chi connectivity index (χ1v) is 10.9. The number of hydrogen-bond acceptors (Lipinski definition) is 4. The SMILES string of the molecule is O=C(Nc1ccc(Br)c2c1C(=O)NCC2)c1ccc(NCCN2CCCC2)cc1. The van der Waals surface area contributed by atoms with Crippen molar-refractivity contribution in [1.82, 2.24) is 10.2 Å². The van der Waals surface area contributed by atoms with Crippen LogP contribution in [-0.4, -0.2) is 49.4 Å². The van der Waals surface area contributed by atoms with Crippen molar-refractivity contribution in [3.8, 4) is 0 Å². The Labute approximate surface area is 179 Å². The minimum atomic E-state index is -0.225. The molecule has 6 nitrogen and oxygen atoms in total. The number of amides is 2. The standard InChI is InChI=1S/C22H25BrN4O2/c23-18-7-8-19(20-17(18)9-10-25-22(20)29)26-21(28)15-3-5-16(6-4-15)24-11-14-27-12-1-2-13-27/h3-8,24H,1-2,9-14H2,(H,25,29)(H,26,28). The van der Waals surface area contributed by atoms with Gasteiger partial charge < -0.3 is 20.9 Å². The summed E-state index contributed by atoms with van der Waals surface area (Å²) in [5, 5.41) is 9.15. The molecular formula is C22H25BrN4O2. The number of nitrogens with one attached hydrogen (secondary N) is 3. The fraction of sp³-hybridized carbons (Fsp3) is 0.364. The van der Waals surface area contributed by atoms with Gasteiger partial charge in [-0.25, -0.2) is 0 Å². The molecule has 0 saturated carbocycles. The number of benzene rings is 2. The first-order valence-electron chi connectivity index (χ1n) is 10.1. The van der Waals surface area contributed by atoms with Crippen LogP contribution in [0.4, 0.5) is 11.4 Å². The molecule has 2 aromatic rings. The van der Waals surface area contributed by atoms with Gasteiger partial charge in [-0.2, -0.15) is 0 Å². The maximum atomic E-state index is 12.7. The average Bonchev–Trinajstić information content (AvgIpc) is 3.24. The van der Waals surface area contributed by atoms with E-state index in [1.54, 1.807) is 18.2 Å². The summed E-state index contributed by atoms with van der Waals surface area (Å²) in [6.07, 6.45) is 3.34. The third kappa shape index (κ3) is 4.62. The highest BCUT2D eigenvalue weighted by atomic mass is 79.9. The number of likely N-dealkylation sites (tertiary alicyclic amines) is 1. The van der Waals surface area contributed by atoms with Gasteiger partial charge >= 0.3 is 0 Å². The van der Waals surface area contributed by atoms with Gasteiger partial charge in [0.05, 0.1) is 11.3 Å². The average molecular weight is 457 g/mol. The van der Waals surface area contributed by atoms with Crippen LogP contribution in [0, 0.1) is 0 Å². The number of rotatable bonds is 6. The molecule has 29 heavy (non-hydrogen) atoms. The molecule has 0 atom stereocenters. The van der Waals surface area contributed by atoms with Crippen LogP contribution in [0.1, 0.15) is 39.1 Å². The topological polar surface area (TPSA) is 73.5 Å². The Kier molecular flexibility index (Phi) is 6.16. The molecule has 0 spiro atoms. The van der Waals surface area contributed by atoms with Gasteiger partial charge in [-0.15, -0.1) is 0 Å². The molecule has 152 valence electrons. The summed E-state index contributed by atoms with van der Waals surface area (Å²) >= 11 is 3.50. The molecule has 2 amide bonds. The molecule has 0 aliphatic carbocycles. The van der Waals surface area contributed by atoms with Crippen molar-refractivity contribution in [2.24, 2.45) is 0 Å². The first kappa shape index (κ1) is 19.9. The Morgan fingerprint density at radius 3 is 2.62 bits per heavy atom. The van der Waals surface area contributed by atoms with Crippen LogP contribution in [0.3, 0.4) is 0 Å². The molecule has 2 aliphatic rings. The van der Waals surface area contributed by atoms with Gasteiger partial charge in [0.25, 0.3) is 11.8 Å². The van der Waals surface area contributed by atoms with E-state index >= 15 is 0 Å². The van der Waals surface area contributed by atoms with E-state index in [0.29, 0.717) is 23.4 Å². The number of halogens is 1. The number of carbonyl (C=O) groups excluding carboxylic acids is 2. The van der Waals surface area contributed by atoms with Crippen LogP contribution in [0.5, 0.6) is 0 Å². The maximum absolute atomic E-state index is 12.7. The molecule has 0 bridgehead atoms. The van der Waals surface area contributed by atoms with Crippen molar-refractivity contribution in [2.75, 3.05) is 43.4 Å². The van der Waals surface area contributed by atoms with E-state index in [2.05, 4.69) is 36.8 Å². The van der Waals surface area contributed by atoms with Gasteiger partial charge in [0.2, 0.25) is 0 Å². The van der Waals surface area contributed by atoms with Crippen molar-refractivity contribution in [2.45, 2.75) is 19.3 Å². The fourth-order valence-electron chi connectivity index (χ4n) is 3.92. The first-order chi connectivity index (χ1) is 14.1. The molecule has 4 rings (SSSR count). The molecule has 0 radical (unpaired) electrons. The molecule has 2 heterocycles. The molecule has 1 saturated heterocycles. The maximum Gasteiger partial charge on any atom is 0.255 e. The normalized spacial score (nSPS) is 16.2. The summed E-state index contributed by atoms with van der Waals surface area (Å²) in [5.74, 6) is -0.378. The summed E-state index contributed by atoms with van der Waals surface area (Å²) in [5.41, 5.74) is 3.57. The van der Waals surface area contributed by atoms with Gasteiger partial charge in [0.1, 0.15) is 0 Å². The van der Waals surface area contributed by atoms with Gasteiger partial charge in [-0.3, -0.25) is 9.59 Å². The van der Waals surface area contributed by atoms with E-state index in [1.807, 2.05) is 18.2 Å². The van der Waals surface area contributed by atoms with Gasteiger partial charge in [-0.1, -0.05) is 15.9 Å². The molecular weight excluding hydrogens is 432 g/mol. The molecule has 0 aromatic heterocycles. The number of nitrogens with zero attached hydrogens (tertiary/aromatic N) is 1. The number of hydrogen-bond donors (Lipinski definition) is 3. The largest absolute Gasteiger partial charge is 0.384 e. The summed E-state index contributed by atoms with van der Waals surface area (Å²) in [7, 11) is 0. The van der Waals surface area contributed by atoms with Crippen LogP contribution in [0.15, 0.2) is 40.9 Å². The minimum absolute atomic E-state index is 0.152. The molecule has 2 aromatic carbocycles. The quantitative estimate of drug-likeness (QED) is 0.621. The zero-order valence-electron chi connectivity index (χ0n) is 16.3. The van der Waals surface area contributed by atoms with Crippen LogP contribution < -0.4 is 16.0 Å². The summed E-state index contributed by atoms with van der Waals surface area (Å²) < 4.78 is 0.893. The third-order valence-electron chi connectivity index (χ3n) is 5.49. The number of carbonyl (C=O) groups is 2. The summed E-state index contributed by atoms with van der Waals surface area (Å²) in [6, 6.07) is 11.1. The van der Waals surface area contributed by atoms with E-state index < -0.39 is 0 Å². The van der Waals surface area contributed by atoms with E-state index in [0.717, 1.165) is 35.2 Å². The van der Waals surface area contributed by atoms with Gasteiger partial charge in [0, 0.05) is 35.4 Å². The van der Waals surface area contributed by atoms with Crippen molar-refractivity contribution in [3.05, 3.63) is 57.6 Å². The van der Waals surface area contributed by atoms with Gasteiger partial charge in [0.15, 0.2) is 0 Å². The highest BCUT2D eigenvalue weighted by molar-refractivity contribution is 9.10. The van der Waals surface area contributed by atoms with Gasteiger partial charge in [-0.05, 0) is 74.3 Å². The van der Waals surface area contributed by atoms with Crippen molar-refractivity contribution in [1.29, 1.82) is 0 Å². The zero-order valence-corrected chi connectivity index (χ0v) is 17.8. The monoisotopic (exact) mass is 456 g/mol. The van der Waals surface area contributed by atoms with E-state index in [9.17, 15) is 9.59 Å². The zero-order chi connectivity index (χ0) is 20.2. The van der Waals surface area contributed by atoms with Crippen molar-refractivity contribution >= 4 is 39.1 Å². The predicted octanol–water partition coefficient (Wildman–Crippen LogP) is 3.50. The van der Waals surface area contributed by atoms with E-state index in [1.165, 1.54) is 25.9 Å². The molecule has 1 fully saturated rings. The molecule has 3 N–H and O–H groups in total. The molecule has 0 unspecified atom stereocenters. The Hall–Kier alpha value is -2.38. The van der Waals surface area contributed by atoms with Crippen LogP contribution >= 0.6 is 15.9 Å². The van der Waals surface area contributed by atoms with Crippen molar-refractivity contribution < 1.29 is 9.59 Å². The lowest BCUT2D eigenvalue weighted by molar-refractivity contribution is 0.0947. The highest BCUT2D eigenvalue weighted by Gasteiger charge is 2.23. The minimum Gasteiger partial charge on any atom is -0.384 e. The lowest BCUT2D eigenvalue weighted by Crippen LogP contribution is -2.33. The Morgan fingerprint density at radius 2 is 1.86 bits per heavy atom. The highest BCUT2D eigenvalue weighted by Crippen LogP contribution is 2.30. The second-order valence-corrected chi connectivity index (χ2v) is 8.32. The van der Waals surface area contributed by atoms with E-state index in [4.69, 9.17) is 0 Å². The van der Waals surface area contributed by atoms with Crippen LogP contribution in [0.2, 0.25) is 0 Å². The second-order valence-electron chi connectivity index (χ2n) is 7.46. The fourth-order valence-corrected chi connectivity index (χ4v) is 4.45. The summed E-state index contributed by atoms with van der Waals surface area (Å²) in [4.78, 5) is 27.5. The van der Waals surface area contributed by atoms with E-state index in [-0.39, 0.29) is 11.8 Å². The summed E-state index contributed by atoms with van der Waals surface area (Å²) in [6.45, 7) is 4.93. The Bertz CT molecular complexity index is 908. The Morgan fingerprint density at radius 1 is 1.10 bits per heavy atom. The third-order valence-corrected chi connectivity index (χ3v) is 6.24. The smallest absolute Gasteiger partial charge is 0.255 e. The molecule has 2 aliphatic heterocycles. The molecule has 7 heteroatoms. The Balaban J connectivity index is 1.39.